The molecule has 1 aliphatic heterocycles. The zero-order valence-electron chi connectivity index (χ0n) is 10.4. The lowest BCUT2D eigenvalue weighted by molar-refractivity contribution is 0.0651. The Labute approximate surface area is 121 Å². The first-order chi connectivity index (χ1) is 8.65. The van der Waals surface area contributed by atoms with Crippen molar-refractivity contribution in [2.45, 2.75) is 32.6 Å². The van der Waals surface area contributed by atoms with Gasteiger partial charge in [0.1, 0.15) is 0 Å². The maximum absolute atomic E-state index is 12.1. The van der Waals surface area contributed by atoms with Crippen molar-refractivity contribution in [1.29, 1.82) is 0 Å². The van der Waals surface area contributed by atoms with E-state index in [2.05, 4.69) is 29.5 Å². The SMILES string of the molecule is CCCCCCN1C(=O)c2ccc(I)cc2C1=O. The first-order valence-electron chi connectivity index (χ1n) is 6.31. The van der Waals surface area contributed by atoms with Crippen LogP contribution in [0, 0.1) is 3.57 Å². The third-order valence-corrected chi connectivity index (χ3v) is 3.84. The molecular weight excluding hydrogens is 341 g/mol. The normalized spacial score (nSPS) is 14.2. The lowest BCUT2D eigenvalue weighted by Gasteiger charge is -2.13. The number of imide groups is 1. The van der Waals surface area contributed by atoms with Gasteiger partial charge in [-0.25, -0.2) is 0 Å². The van der Waals surface area contributed by atoms with Gasteiger partial charge in [-0.2, -0.15) is 0 Å². The van der Waals surface area contributed by atoms with Crippen LogP contribution in [0.4, 0.5) is 0 Å². The Kier molecular flexibility index (Phi) is 4.37. The van der Waals surface area contributed by atoms with E-state index < -0.39 is 0 Å². The number of nitrogens with zero attached hydrogens (tertiary/aromatic N) is 1. The molecule has 0 unspecified atom stereocenters. The van der Waals surface area contributed by atoms with E-state index in [1.165, 1.54) is 4.90 Å². The molecule has 0 aromatic heterocycles. The molecule has 4 heteroatoms. The summed E-state index contributed by atoms with van der Waals surface area (Å²) in [6.45, 7) is 2.69. The van der Waals surface area contributed by atoms with Crippen LogP contribution in [-0.4, -0.2) is 23.3 Å². The number of amides is 2. The van der Waals surface area contributed by atoms with E-state index in [0.29, 0.717) is 17.7 Å². The first kappa shape index (κ1) is 13.5. The predicted octanol–water partition coefficient (Wildman–Crippen LogP) is 3.47. The lowest BCUT2D eigenvalue weighted by atomic mass is 10.1. The molecule has 1 aromatic rings. The Balaban J connectivity index is 2.08. The van der Waals surface area contributed by atoms with Gasteiger partial charge in [-0.15, -0.1) is 0 Å². The molecule has 2 rings (SSSR count). The molecule has 0 N–H and O–H groups in total. The summed E-state index contributed by atoms with van der Waals surface area (Å²) in [5.41, 5.74) is 1.11. The standard InChI is InChI=1S/C14H16INO2/c1-2-3-4-5-8-16-13(17)11-7-6-10(15)9-12(11)14(16)18/h6-7,9H,2-5,8H2,1H3. The molecule has 0 saturated carbocycles. The maximum Gasteiger partial charge on any atom is 0.261 e. The molecule has 0 saturated heterocycles. The van der Waals surface area contributed by atoms with Crippen molar-refractivity contribution in [3.05, 3.63) is 32.9 Å². The second-order valence-electron chi connectivity index (χ2n) is 4.51. The number of hydrogen-bond acceptors (Lipinski definition) is 2. The van der Waals surface area contributed by atoms with Crippen molar-refractivity contribution in [2.75, 3.05) is 6.54 Å². The molecule has 1 aliphatic rings. The van der Waals surface area contributed by atoms with Crippen LogP contribution < -0.4 is 0 Å². The third-order valence-electron chi connectivity index (χ3n) is 3.17. The van der Waals surface area contributed by atoms with Gasteiger partial charge < -0.3 is 0 Å². The van der Waals surface area contributed by atoms with Gasteiger partial charge in [0.05, 0.1) is 11.1 Å². The molecule has 0 atom stereocenters. The molecule has 96 valence electrons. The van der Waals surface area contributed by atoms with Gasteiger partial charge in [0, 0.05) is 10.1 Å². The van der Waals surface area contributed by atoms with E-state index in [0.717, 1.165) is 29.3 Å². The number of carbonyl (C=O) groups is 2. The maximum atomic E-state index is 12.1. The minimum atomic E-state index is -0.136. The van der Waals surface area contributed by atoms with Crippen LogP contribution in [0.3, 0.4) is 0 Å². The molecule has 1 heterocycles. The summed E-state index contributed by atoms with van der Waals surface area (Å²) in [6.07, 6.45) is 4.28. The molecule has 0 spiro atoms. The molecule has 1 aromatic carbocycles. The molecule has 3 nitrogen and oxygen atoms in total. The topological polar surface area (TPSA) is 37.4 Å². The zero-order valence-corrected chi connectivity index (χ0v) is 12.6. The number of hydrogen-bond donors (Lipinski definition) is 0. The summed E-state index contributed by atoms with van der Waals surface area (Å²) in [4.78, 5) is 25.6. The van der Waals surface area contributed by atoms with Crippen molar-refractivity contribution in [3.8, 4) is 0 Å². The number of fused-ring (bicyclic) bond motifs is 1. The first-order valence-corrected chi connectivity index (χ1v) is 7.38. The van der Waals surface area contributed by atoms with Crippen LogP contribution in [0.5, 0.6) is 0 Å². The predicted molar refractivity (Wildman–Crippen MR) is 78.7 cm³/mol. The Morgan fingerprint density at radius 3 is 2.50 bits per heavy atom. The minimum Gasteiger partial charge on any atom is -0.274 e. The van der Waals surface area contributed by atoms with E-state index in [1.54, 1.807) is 12.1 Å². The van der Waals surface area contributed by atoms with Crippen molar-refractivity contribution in [3.63, 3.8) is 0 Å². The van der Waals surface area contributed by atoms with Gasteiger partial charge in [-0.3, -0.25) is 14.5 Å². The van der Waals surface area contributed by atoms with Gasteiger partial charge in [0.25, 0.3) is 11.8 Å². The van der Waals surface area contributed by atoms with E-state index in [1.807, 2.05) is 6.07 Å². The highest BCUT2D eigenvalue weighted by Crippen LogP contribution is 2.24. The summed E-state index contributed by atoms with van der Waals surface area (Å²) >= 11 is 2.16. The van der Waals surface area contributed by atoms with E-state index in [4.69, 9.17) is 0 Å². The van der Waals surface area contributed by atoms with Crippen LogP contribution in [0.25, 0.3) is 0 Å². The number of benzene rings is 1. The summed E-state index contributed by atoms with van der Waals surface area (Å²) < 4.78 is 0.986. The monoisotopic (exact) mass is 357 g/mol. The minimum absolute atomic E-state index is 0.134. The van der Waals surface area contributed by atoms with E-state index in [9.17, 15) is 9.59 Å². The molecule has 2 amide bonds. The molecule has 0 radical (unpaired) electrons. The Hall–Kier alpha value is -0.910. The van der Waals surface area contributed by atoms with Gasteiger partial charge in [-0.1, -0.05) is 26.2 Å². The highest BCUT2D eigenvalue weighted by atomic mass is 127. The quantitative estimate of drug-likeness (QED) is 0.460. The fraction of sp³-hybridized carbons (Fsp3) is 0.429. The van der Waals surface area contributed by atoms with Gasteiger partial charge in [0.15, 0.2) is 0 Å². The van der Waals surface area contributed by atoms with Crippen molar-refractivity contribution in [1.82, 2.24) is 4.90 Å². The zero-order chi connectivity index (χ0) is 13.1. The summed E-state index contributed by atoms with van der Waals surface area (Å²) in [5, 5.41) is 0. The summed E-state index contributed by atoms with van der Waals surface area (Å²) in [6, 6.07) is 5.41. The van der Waals surface area contributed by atoms with Gasteiger partial charge >= 0.3 is 0 Å². The van der Waals surface area contributed by atoms with Gasteiger partial charge in [0.2, 0.25) is 0 Å². The fourth-order valence-corrected chi connectivity index (χ4v) is 2.65. The van der Waals surface area contributed by atoms with Crippen LogP contribution in [0.2, 0.25) is 0 Å². The molecule has 0 bridgehead atoms. The van der Waals surface area contributed by atoms with E-state index in [-0.39, 0.29) is 11.8 Å². The van der Waals surface area contributed by atoms with E-state index >= 15 is 0 Å². The summed E-state index contributed by atoms with van der Waals surface area (Å²) in [5.74, 6) is -0.270. The van der Waals surface area contributed by atoms with Gasteiger partial charge in [-0.05, 0) is 47.2 Å². The van der Waals surface area contributed by atoms with Crippen molar-refractivity contribution >= 4 is 34.4 Å². The highest BCUT2D eigenvalue weighted by molar-refractivity contribution is 14.1. The van der Waals surface area contributed by atoms with Crippen LogP contribution in [-0.2, 0) is 0 Å². The van der Waals surface area contributed by atoms with Crippen LogP contribution in [0.1, 0.15) is 53.3 Å². The van der Waals surface area contributed by atoms with Crippen LogP contribution >= 0.6 is 22.6 Å². The average Bonchev–Trinajstić information content (AvgIpc) is 2.59. The number of halogens is 1. The Bertz CT molecular complexity index is 485. The number of carbonyl (C=O) groups excluding carboxylic acids is 2. The Morgan fingerprint density at radius 2 is 1.78 bits per heavy atom. The second-order valence-corrected chi connectivity index (χ2v) is 5.76. The molecule has 0 aliphatic carbocycles. The lowest BCUT2D eigenvalue weighted by Crippen LogP contribution is -2.30. The smallest absolute Gasteiger partial charge is 0.261 e. The highest BCUT2D eigenvalue weighted by Gasteiger charge is 2.34. The van der Waals surface area contributed by atoms with Crippen molar-refractivity contribution in [2.24, 2.45) is 0 Å². The number of rotatable bonds is 5. The third kappa shape index (κ3) is 2.58. The number of unbranched alkanes of at least 4 members (excludes halogenated alkanes) is 3. The second kappa shape index (κ2) is 5.82. The molecular formula is C14H16INO2. The summed E-state index contributed by atoms with van der Waals surface area (Å²) in [7, 11) is 0. The fourth-order valence-electron chi connectivity index (χ4n) is 2.16. The van der Waals surface area contributed by atoms with Crippen LogP contribution in [0.15, 0.2) is 18.2 Å². The molecule has 0 fully saturated rings. The Morgan fingerprint density at radius 1 is 1.06 bits per heavy atom. The average molecular weight is 357 g/mol. The largest absolute Gasteiger partial charge is 0.274 e. The van der Waals surface area contributed by atoms with Crippen molar-refractivity contribution < 1.29 is 9.59 Å². The molecule has 18 heavy (non-hydrogen) atoms.